The van der Waals surface area contributed by atoms with E-state index in [2.05, 4.69) is 4.74 Å². The molecular weight excluding hydrogens is 120 g/mol. The summed E-state index contributed by atoms with van der Waals surface area (Å²) in [6.45, 7) is 2.31. The van der Waals surface area contributed by atoms with Crippen LogP contribution in [0.25, 0.3) is 0 Å². The number of rotatable bonds is 4. The first-order valence-corrected chi connectivity index (χ1v) is 2.70. The number of methoxy groups -OCH3 is 1. The molecular formula is C5H12N2O2. The summed E-state index contributed by atoms with van der Waals surface area (Å²) >= 11 is 0. The van der Waals surface area contributed by atoms with Crippen LogP contribution in [0.5, 0.6) is 0 Å². The van der Waals surface area contributed by atoms with Crippen LogP contribution in [0.3, 0.4) is 0 Å². The molecule has 1 atom stereocenters. The van der Waals surface area contributed by atoms with Crippen LogP contribution in [0.15, 0.2) is 0 Å². The van der Waals surface area contributed by atoms with Gasteiger partial charge in [0.1, 0.15) is 5.84 Å². The molecule has 0 rings (SSSR count). The zero-order valence-corrected chi connectivity index (χ0v) is 5.68. The van der Waals surface area contributed by atoms with Crippen LogP contribution >= 0.6 is 0 Å². The normalized spacial score (nSPS) is 13.1. The molecule has 0 aromatic carbocycles. The average Bonchev–Trinajstić information content (AvgIpc) is 1.82. The summed E-state index contributed by atoms with van der Waals surface area (Å²) in [6.07, 6.45) is -0.671. The number of nitrogens with two attached hydrogens (primary N) is 1. The zero-order valence-electron chi connectivity index (χ0n) is 5.68. The molecule has 0 amide bonds. The molecule has 0 aliphatic heterocycles. The van der Waals surface area contributed by atoms with Crippen LogP contribution in [0.4, 0.5) is 0 Å². The van der Waals surface area contributed by atoms with Crippen LogP contribution in [0, 0.1) is 5.41 Å². The molecule has 0 aliphatic carbocycles. The molecule has 3 N–H and O–H groups in total. The Kier molecular flexibility index (Phi) is 4.00. The molecule has 0 aromatic heterocycles. The maximum Gasteiger partial charge on any atom is 0.215 e. The highest BCUT2D eigenvalue weighted by atomic mass is 16.7. The lowest BCUT2D eigenvalue weighted by molar-refractivity contribution is -0.0732. The Morgan fingerprint density at radius 1 is 1.78 bits per heavy atom. The molecule has 0 saturated heterocycles. The molecule has 0 fully saturated rings. The third-order valence-electron chi connectivity index (χ3n) is 0.786. The van der Waals surface area contributed by atoms with Gasteiger partial charge in [0.05, 0.1) is 0 Å². The number of ether oxygens (including phenoxy) is 2. The molecule has 0 bridgehead atoms. The summed E-state index contributed by atoms with van der Waals surface area (Å²) in [5, 5.41) is 6.88. The summed E-state index contributed by atoms with van der Waals surface area (Å²) < 4.78 is 9.56. The summed E-state index contributed by atoms with van der Waals surface area (Å²) in [4.78, 5) is 0. The van der Waals surface area contributed by atoms with Gasteiger partial charge >= 0.3 is 0 Å². The van der Waals surface area contributed by atoms with Gasteiger partial charge in [-0.1, -0.05) is 0 Å². The first-order valence-electron chi connectivity index (χ1n) is 2.70. The first kappa shape index (κ1) is 8.39. The fourth-order valence-corrected chi connectivity index (χ4v) is 0.436. The second-order valence-corrected chi connectivity index (χ2v) is 1.48. The van der Waals surface area contributed by atoms with Gasteiger partial charge in [-0.25, -0.2) is 0 Å². The minimum absolute atomic E-state index is 0.0978. The van der Waals surface area contributed by atoms with Crippen molar-refractivity contribution >= 4 is 5.84 Å². The SMILES string of the molecule is CCOC(OC)C(=N)N. The van der Waals surface area contributed by atoms with Gasteiger partial charge in [0.15, 0.2) is 0 Å². The van der Waals surface area contributed by atoms with Gasteiger partial charge in [0.25, 0.3) is 0 Å². The smallest absolute Gasteiger partial charge is 0.215 e. The van der Waals surface area contributed by atoms with E-state index in [1.807, 2.05) is 6.92 Å². The number of hydrogen-bond acceptors (Lipinski definition) is 3. The Bertz CT molecular complexity index is 95.0. The predicted octanol–water partition coefficient (Wildman–Crippen LogP) is -0.0686. The molecule has 0 radical (unpaired) electrons. The quantitative estimate of drug-likeness (QED) is 0.319. The van der Waals surface area contributed by atoms with E-state index < -0.39 is 6.29 Å². The van der Waals surface area contributed by atoms with E-state index in [4.69, 9.17) is 15.9 Å². The monoisotopic (exact) mass is 132 g/mol. The fraction of sp³-hybridized carbons (Fsp3) is 0.800. The van der Waals surface area contributed by atoms with E-state index in [0.717, 1.165) is 0 Å². The topological polar surface area (TPSA) is 68.3 Å². The predicted molar refractivity (Wildman–Crippen MR) is 34.3 cm³/mol. The van der Waals surface area contributed by atoms with Gasteiger partial charge in [0.2, 0.25) is 6.29 Å². The van der Waals surface area contributed by atoms with E-state index >= 15 is 0 Å². The maximum atomic E-state index is 6.88. The summed E-state index contributed by atoms with van der Waals surface area (Å²) in [7, 11) is 1.45. The summed E-state index contributed by atoms with van der Waals surface area (Å²) in [5.41, 5.74) is 5.07. The highest BCUT2D eigenvalue weighted by Crippen LogP contribution is 1.89. The van der Waals surface area contributed by atoms with Gasteiger partial charge in [0, 0.05) is 13.7 Å². The molecule has 0 saturated carbocycles. The van der Waals surface area contributed by atoms with E-state index in [0.29, 0.717) is 6.61 Å². The van der Waals surface area contributed by atoms with Gasteiger partial charge in [-0.2, -0.15) is 0 Å². The molecule has 4 heteroatoms. The van der Waals surface area contributed by atoms with Crippen molar-refractivity contribution < 1.29 is 9.47 Å². The Labute approximate surface area is 54.5 Å². The van der Waals surface area contributed by atoms with Crippen LogP contribution in [-0.4, -0.2) is 25.8 Å². The molecule has 9 heavy (non-hydrogen) atoms. The maximum absolute atomic E-state index is 6.88. The van der Waals surface area contributed by atoms with E-state index in [9.17, 15) is 0 Å². The highest BCUT2D eigenvalue weighted by molar-refractivity contribution is 5.80. The van der Waals surface area contributed by atoms with Crippen molar-refractivity contribution in [1.82, 2.24) is 0 Å². The van der Waals surface area contributed by atoms with Crippen molar-refractivity contribution in [3.05, 3.63) is 0 Å². The third kappa shape index (κ3) is 3.05. The zero-order chi connectivity index (χ0) is 7.28. The van der Waals surface area contributed by atoms with Gasteiger partial charge in [-0.3, -0.25) is 5.41 Å². The van der Waals surface area contributed by atoms with Crippen molar-refractivity contribution in [2.75, 3.05) is 13.7 Å². The van der Waals surface area contributed by atoms with Crippen LogP contribution < -0.4 is 5.73 Å². The molecule has 54 valence electrons. The largest absolute Gasteiger partial charge is 0.383 e. The Hall–Kier alpha value is -0.610. The van der Waals surface area contributed by atoms with Gasteiger partial charge in [-0.15, -0.1) is 0 Å². The lowest BCUT2D eigenvalue weighted by Gasteiger charge is -2.11. The van der Waals surface area contributed by atoms with Crippen molar-refractivity contribution in [2.24, 2.45) is 5.73 Å². The second-order valence-electron chi connectivity index (χ2n) is 1.48. The molecule has 0 aromatic rings. The van der Waals surface area contributed by atoms with Gasteiger partial charge in [-0.05, 0) is 6.92 Å². The molecule has 4 nitrogen and oxygen atoms in total. The Balaban J connectivity index is 3.54. The highest BCUT2D eigenvalue weighted by Gasteiger charge is 2.07. The van der Waals surface area contributed by atoms with Crippen molar-refractivity contribution in [1.29, 1.82) is 5.41 Å². The molecule has 0 aliphatic rings. The van der Waals surface area contributed by atoms with Crippen LogP contribution in [0.2, 0.25) is 0 Å². The summed E-state index contributed by atoms with van der Waals surface area (Å²) in [5.74, 6) is -0.0978. The molecule has 1 unspecified atom stereocenters. The third-order valence-corrected chi connectivity index (χ3v) is 0.786. The minimum atomic E-state index is -0.671. The molecule has 0 spiro atoms. The van der Waals surface area contributed by atoms with Crippen molar-refractivity contribution in [2.45, 2.75) is 13.2 Å². The van der Waals surface area contributed by atoms with Crippen LogP contribution in [0.1, 0.15) is 6.92 Å². The Morgan fingerprint density at radius 3 is 2.44 bits per heavy atom. The van der Waals surface area contributed by atoms with E-state index in [-0.39, 0.29) is 5.84 Å². The summed E-state index contributed by atoms with van der Waals surface area (Å²) in [6, 6.07) is 0. The second kappa shape index (κ2) is 4.29. The van der Waals surface area contributed by atoms with Crippen molar-refractivity contribution in [3.63, 3.8) is 0 Å². The average molecular weight is 132 g/mol. The first-order chi connectivity index (χ1) is 4.22. The number of nitrogens with one attached hydrogen (secondary N) is 1. The lowest BCUT2D eigenvalue weighted by atomic mass is 10.6. The molecule has 0 heterocycles. The van der Waals surface area contributed by atoms with Crippen molar-refractivity contribution in [3.8, 4) is 0 Å². The standard InChI is InChI=1S/C5H12N2O2/c1-3-9-5(8-2)4(6)7/h5H,3H2,1-2H3,(H3,6,7). The number of hydrogen-bond donors (Lipinski definition) is 2. The van der Waals surface area contributed by atoms with E-state index in [1.54, 1.807) is 0 Å². The fourth-order valence-electron chi connectivity index (χ4n) is 0.436. The Morgan fingerprint density at radius 2 is 2.33 bits per heavy atom. The lowest BCUT2D eigenvalue weighted by Crippen LogP contribution is -2.31. The number of amidine groups is 1. The van der Waals surface area contributed by atoms with Crippen LogP contribution in [-0.2, 0) is 9.47 Å². The van der Waals surface area contributed by atoms with Gasteiger partial charge < -0.3 is 15.2 Å². The minimum Gasteiger partial charge on any atom is -0.383 e. The van der Waals surface area contributed by atoms with E-state index in [1.165, 1.54) is 7.11 Å².